The summed E-state index contributed by atoms with van der Waals surface area (Å²) in [6, 6.07) is 10.5. The molecule has 1 nitrogen and oxygen atoms in total. The summed E-state index contributed by atoms with van der Waals surface area (Å²) in [5.41, 5.74) is 1.32. The average molecular weight is 158 g/mol. The second kappa shape index (κ2) is 3.44. The van der Waals surface area contributed by atoms with E-state index in [0.717, 1.165) is 19.5 Å². The van der Waals surface area contributed by atoms with Crippen LogP contribution < -0.4 is 4.90 Å². The average Bonchev–Trinajstić information content (AvgIpc) is 2.21. The Kier molecular flexibility index (Phi) is 2.12. The van der Waals surface area contributed by atoms with Gasteiger partial charge in [-0.3, -0.25) is 0 Å². The van der Waals surface area contributed by atoms with Crippen LogP contribution in [-0.4, -0.2) is 13.1 Å². The molecule has 0 saturated carbocycles. The molecule has 0 aliphatic carbocycles. The van der Waals surface area contributed by atoms with Gasteiger partial charge in [0.15, 0.2) is 0 Å². The van der Waals surface area contributed by atoms with Crippen molar-refractivity contribution in [1.82, 2.24) is 0 Å². The minimum absolute atomic E-state index is 1.00. The summed E-state index contributed by atoms with van der Waals surface area (Å²) in [4.78, 5) is 2.36. The van der Waals surface area contributed by atoms with E-state index in [0.29, 0.717) is 0 Å². The molecule has 1 heteroatoms. The van der Waals surface area contributed by atoms with Crippen LogP contribution in [0.3, 0.4) is 0 Å². The second-order valence-electron chi connectivity index (χ2n) is 2.94. The Balaban J connectivity index is 2.15. The quantitative estimate of drug-likeness (QED) is 0.606. The summed E-state index contributed by atoms with van der Waals surface area (Å²) in [7, 11) is 0. The van der Waals surface area contributed by atoms with Gasteiger partial charge in [-0.25, -0.2) is 0 Å². The highest BCUT2D eigenvalue weighted by Gasteiger charge is 2.05. The summed E-state index contributed by atoms with van der Waals surface area (Å²) in [6.07, 6.45) is 6.38. The van der Waals surface area contributed by atoms with Crippen LogP contribution in [0.15, 0.2) is 36.4 Å². The fraction of sp³-hybridized carbons (Fsp3) is 0.273. The Hall–Kier alpha value is -1.24. The number of hydrogen-bond acceptors (Lipinski definition) is 1. The zero-order valence-corrected chi connectivity index (χ0v) is 7.03. The normalized spacial score (nSPS) is 16.5. The van der Waals surface area contributed by atoms with E-state index in [9.17, 15) is 0 Å². The minimum Gasteiger partial charge on any atom is -0.367 e. The van der Waals surface area contributed by atoms with Gasteiger partial charge >= 0.3 is 0 Å². The summed E-state index contributed by atoms with van der Waals surface area (Å²) in [5, 5.41) is 0. The Bertz CT molecular complexity index is 264. The first kappa shape index (κ1) is 7.41. The van der Waals surface area contributed by atoms with Crippen LogP contribution in [0, 0.1) is 6.08 Å². The molecular weight excluding hydrogens is 146 g/mol. The Morgan fingerprint density at radius 2 is 2.00 bits per heavy atom. The lowest BCUT2D eigenvalue weighted by molar-refractivity contribution is 0.808. The Morgan fingerprint density at radius 3 is 2.67 bits per heavy atom. The maximum absolute atomic E-state index is 3.22. The van der Waals surface area contributed by atoms with Gasteiger partial charge in [0.05, 0.1) is 0 Å². The number of hydrogen-bond donors (Lipinski definition) is 0. The van der Waals surface area contributed by atoms with Crippen LogP contribution in [-0.2, 0) is 0 Å². The van der Waals surface area contributed by atoms with Gasteiger partial charge in [0.1, 0.15) is 0 Å². The SMILES string of the molecule is [C]1=CCN(c2ccccc2)CC1. The Morgan fingerprint density at radius 1 is 1.17 bits per heavy atom. The number of rotatable bonds is 1. The first-order valence-corrected chi connectivity index (χ1v) is 4.32. The van der Waals surface area contributed by atoms with Crippen molar-refractivity contribution in [3.8, 4) is 0 Å². The highest BCUT2D eigenvalue weighted by Crippen LogP contribution is 2.15. The van der Waals surface area contributed by atoms with Gasteiger partial charge < -0.3 is 4.90 Å². The van der Waals surface area contributed by atoms with Crippen LogP contribution in [0.1, 0.15) is 6.42 Å². The highest BCUT2D eigenvalue weighted by molar-refractivity contribution is 5.46. The number of para-hydroxylation sites is 1. The van der Waals surface area contributed by atoms with Gasteiger partial charge in [-0.2, -0.15) is 0 Å². The lowest BCUT2D eigenvalue weighted by atomic mass is 10.2. The van der Waals surface area contributed by atoms with E-state index in [1.165, 1.54) is 5.69 Å². The third kappa shape index (κ3) is 1.50. The third-order valence-electron chi connectivity index (χ3n) is 2.10. The van der Waals surface area contributed by atoms with E-state index in [1.807, 2.05) is 0 Å². The molecular formula is C11H12N. The maximum Gasteiger partial charge on any atom is 0.0369 e. The van der Waals surface area contributed by atoms with Crippen molar-refractivity contribution in [3.63, 3.8) is 0 Å². The zero-order valence-electron chi connectivity index (χ0n) is 7.03. The molecule has 0 amide bonds. The summed E-state index contributed by atoms with van der Waals surface area (Å²) in [6.45, 7) is 2.10. The van der Waals surface area contributed by atoms with Gasteiger partial charge in [0.25, 0.3) is 0 Å². The first-order valence-electron chi connectivity index (χ1n) is 4.32. The molecule has 12 heavy (non-hydrogen) atoms. The van der Waals surface area contributed by atoms with E-state index < -0.39 is 0 Å². The van der Waals surface area contributed by atoms with Gasteiger partial charge in [-0.1, -0.05) is 24.3 Å². The fourth-order valence-corrected chi connectivity index (χ4v) is 1.44. The van der Waals surface area contributed by atoms with Crippen molar-refractivity contribution >= 4 is 5.69 Å². The summed E-state index contributed by atoms with van der Waals surface area (Å²) < 4.78 is 0. The van der Waals surface area contributed by atoms with Gasteiger partial charge in [0, 0.05) is 18.8 Å². The largest absolute Gasteiger partial charge is 0.367 e. The fourth-order valence-electron chi connectivity index (χ4n) is 1.44. The van der Waals surface area contributed by atoms with E-state index in [4.69, 9.17) is 0 Å². The minimum atomic E-state index is 1.00. The van der Waals surface area contributed by atoms with Gasteiger partial charge in [0.2, 0.25) is 0 Å². The summed E-state index contributed by atoms with van der Waals surface area (Å²) in [5.74, 6) is 0. The monoisotopic (exact) mass is 158 g/mol. The molecule has 2 rings (SSSR count). The Labute approximate surface area is 73.3 Å². The van der Waals surface area contributed by atoms with Gasteiger partial charge in [-0.15, -0.1) is 0 Å². The van der Waals surface area contributed by atoms with E-state index in [1.54, 1.807) is 0 Å². The number of nitrogens with zero attached hydrogens (tertiary/aromatic N) is 1. The van der Waals surface area contributed by atoms with Gasteiger partial charge in [-0.05, 0) is 24.6 Å². The number of anilines is 1. The molecule has 61 valence electrons. The van der Waals surface area contributed by atoms with E-state index in [2.05, 4.69) is 47.4 Å². The molecule has 0 spiro atoms. The van der Waals surface area contributed by atoms with Crippen LogP contribution in [0.2, 0.25) is 0 Å². The van der Waals surface area contributed by atoms with Crippen molar-refractivity contribution in [1.29, 1.82) is 0 Å². The van der Waals surface area contributed by atoms with Crippen molar-refractivity contribution in [2.45, 2.75) is 6.42 Å². The molecule has 0 fully saturated rings. The molecule has 1 heterocycles. The number of benzene rings is 1. The molecule has 0 atom stereocenters. The molecule has 0 saturated heterocycles. The molecule has 1 aliphatic rings. The van der Waals surface area contributed by atoms with Crippen LogP contribution in [0.5, 0.6) is 0 Å². The molecule has 0 bridgehead atoms. The molecule has 1 aromatic rings. The molecule has 1 radical (unpaired) electrons. The predicted octanol–water partition coefficient (Wildman–Crippen LogP) is 2.26. The van der Waals surface area contributed by atoms with Crippen molar-refractivity contribution in [2.75, 3.05) is 18.0 Å². The molecule has 0 N–H and O–H groups in total. The lowest BCUT2D eigenvalue weighted by Crippen LogP contribution is -2.26. The van der Waals surface area contributed by atoms with E-state index >= 15 is 0 Å². The standard InChI is InChI=1S/C11H12N/c1-3-7-11(8-4-1)12-9-5-2-6-10-12/h1,3-5,7-8H,6,9-10H2. The molecule has 0 aromatic heterocycles. The predicted molar refractivity (Wildman–Crippen MR) is 51.1 cm³/mol. The highest BCUT2D eigenvalue weighted by atomic mass is 15.1. The van der Waals surface area contributed by atoms with Crippen molar-refractivity contribution < 1.29 is 0 Å². The topological polar surface area (TPSA) is 3.24 Å². The van der Waals surface area contributed by atoms with Crippen LogP contribution in [0.25, 0.3) is 0 Å². The van der Waals surface area contributed by atoms with Crippen molar-refractivity contribution in [3.05, 3.63) is 42.5 Å². The maximum atomic E-state index is 3.22. The molecule has 1 aromatic carbocycles. The van der Waals surface area contributed by atoms with E-state index in [-0.39, 0.29) is 0 Å². The summed E-state index contributed by atoms with van der Waals surface area (Å²) >= 11 is 0. The molecule has 0 unspecified atom stereocenters. The van der Waals surface area contributed by atoms with Crippen LogP contribution in [0.4, 0.5) is 5.69 Å². The molecule has 1 aliphatic heterocycles. The third-order valence-corrected chi connectivity index (χ3v) is 2.10. The zero-order chi connectivity index (χ0) is 8.23. The first-order chi connectivity index (χ1) is 5.97. The van der Waals surface area contributed by atoms with Crippen LogP contribution >= 0.6 is 0 Å². The lowest BCUT2D eigenvalue weighted by Gasteiger charge is -2.25. The smallest absolute Gasteiger partial charge is 0.0369 e. The van der Waals surface area contributed by atoms with Crippen molar-refractivity contribution in [2.24, 2.45) is 0 Å². The second-order valence-corrected chi connectivity index (χ2v) is 2.94.